The Morgan fingerprint density at radius 2 is 2.06 bits per heavy atom. The average molecular weight is 256 g/mol. The van der Waals surface area contributed by atoms with Crippen LogP contribution in [0.2, 0.25) is 5.02 Å². The monoisotopic (exact) mass is 255 g/mol. The van der Waals surface area contributed by atoms with E-state index in [4.69, 9.17) is 22.1 Å². The van der Waals surface area contributed by atoms with Gasteiger partial charge in [-0.25, -0.2) is 4.79 Å². The van der Waals surface area contributed by atoms with Crippen molar-refractivity contribution >= 4 is 23.3 Å². The van der Waals surface area contributed by atoms with Crippen LogP contribution in [0.3, 0.4) is 0 Å². The van der Waals surface area contributed by atoms with Crippen LogP contribution in [0.25, 0.3) is 0 Å². The third-order valence-electron chi connectivity index (χ3n) is 2.84. The zero-order valence-corrected chi connectivity index (χ0v) is 11.0. The molecule has 4 heteroatoms. The number of nitrogen functional groups attached to an aromatic ring is 1. The number of carbonyl (C=O) groups excluding carboxylic acids is 1. The highest BCUT2D eigenvalue weighted by Crippen LogP contribution is 2.19. The fourth-order valence-corrected chi connectivity index (χ4v) is 1.67. The highest BCUT2D eigenvalue weighted by Gasteiger charge is 2.13. The normalized spacial score (nSPS) is 10.6. The number of benzene rings is 1. The Balaban J connectivity index is 2.66. The summed E-state index contributed by atoms with van der Waals surface area (Å²) < 4.78 is 5.23. The van der Waals surface area contributed by atoms with Crippen molar-refractivity contribution in [1.29, 1.82) is 0 Å². The number of halogens is 1. The van der Waals surface area contributed by atoms with Crippen LogP contribution in [0.15, 0.2) is 18.2 Å². The minimum Gasteiger partial charge on any atom is -0.462 e. The topological polar surface area (TPSA) is 52.3 Å². The van der Waals surface area contributed by atoms with Gasteiger partial charge in [0, 0.05) is 10.7 Å². The highest BCUT2D eigenvalue weighted by molar-refractivity contribution is 6.31. The quantitative estimate of drug-likeness (QED) is 0.647. The summed E-state index contributed by atoms with van der Waals surface area (Å²) in [6, 6.07) is 4.79. The van der Waals surface area contributed by atoms with Crippen molar-refractivity contribution in [3.8, 4) is 0 Å². The summed E-state index contributed by atoms with van der Waals surface area (Å²) in [5, 5.41) is 0.480. The second-order valence-corrected chi connectivity index (χ2v) is 4.45. The molecule has 1 aromatic carbocycles. The molecule has 0 bridgehead atoms. The van der Waals surface area contributed by atoms with Gasteiger partial charge in [0.05, 0.1) is 12.2 Å². The Labute approximate surface area is 107 Å². The van der Waals surface area contributed by atoms with Crippen LogP contribution in [-0.2, 0) is 4.74 Å². The molecule has 0 spiro atoms. The summed E-state index contributed by atoms with van der Waals surface area (Å²) >= 11 is 5.81. The first-order chi connectivity index (χ1) is 8.08. The molecule has 0 atom stereocenters. The second-order valence-electron chi connectivity index (χ2n) is 4.01. The van der Waals surface area contributed by atoms with Crippen LogP contribution in [0.5, 0.6) is 0 Å². The van der Waals surface area contributed by atoms with E-state index in [9.17, 15) is 4.79 Å². The van der Waals surface area contributed by atoms with E-state index in [2.05, 4.69) is 13.8 Å². The summed E-state index contributed by atoms with van der Waals surface area (Å²) in [5.74, 6) is -0.00346. The van der Waals surface area contributed by atoms with Gasteiger partial charge in [0.1, 0.15) is 0 Å². The maximum absolute atomic E-state index is 11.8. The lowest BCUT2D eigenvalue weighted by Gasteiger charge is -2.13. The lowest BCUT2D eigenvalue weighted by atomic mass is 10.1. The lowest BCUT2D eigenvalue weighted by molar-refractivity contribution is 0.0434. The third kappa shape index (κ3) is 3.93. The van der Waals surface area contributed by atoms with E-state index in [1.807, 2.05) is 0 Å². The van der Waals surface area contributed by atoms with Crippen LogP contribution in [0.4, 0.5) is 5.69 Å². The molecule has 94 valence electrons. The van der Waals surface area contributed by atoms with E-state index in [0.29, 0.717) is 28.8 Å². The summed E-state index contributed by atoms with van der Waals surface area (Å²) in [6.45, 7) is 4.59. The number of hydrogen-bond acceptors (Lipinski definition) is 3. The maximum atomic E-state index is 11.8. The van der Waals surface area contributed by atoms with Gasteiger partial charge in [-0.15, -0.1) is 0 Å². The van der Waals surface area contributed by atoms with Gasteiger partial charge in [0.15, 0.2) is 0 Å². The van der Waals surface area contributed by atoms with Crippen molar-refractivity contribution < 1.29 is 9.53 Å². The molecule has 0 aliphatic rings. The van der Waals surface area contributed by atoms with Crippen molar-refractivity contribution in [3.05, 3.63) is 28.8 Å². The van der Waals surface area contributed by atoms with Gasteiger partial charge < -0.3 is 10.5 Å². The predicted molar refractivity (Wildman–Crippen MR) is 70.2 cm³/mol. The molecule has 3 nitrogen and oxygen atoms in total. The highest BCUT2D eigenvalue weighted by atomic mass is 35.5. The molecule has 0 heterocycles. The number of rotatable bonds is 5. The molecule has 0 saturated heterocycles. The van der Waals surface area contributed by atoms with Gasteiger partial charge in [-0.3, -0.25) is 0 Å². The smallest absolute Gasteiger partial charge is 0.340 e. The molecule has 0 aliphatic heterocycles. The summed E-state index contributed by atoms with van der Waals surface area (Å²) in [5.41, 5.74) is 6.43. The van der Waals surface area contributed by atoms with Crippen LogP contribution >= 0.6 is 11.6 Å². The van der Waals surface area contributed by atoms with Gasteiger partial charge in [-0.2, -0.15) is 0 Å². The minimum absolute atomic E-state index is 0.337. The number of nitrogens with two attached hydrogens (primary N) is 1. The molecule has 0 fully saturated rings. The Bertz CT molecular complexity index is 389. The zero-order valence-electron chi connectivity index (χ0n) is 10.2. The number of anilines is 1. The van der Waals surface area contributed by atoms with Gasteiger partial charge in [-0.1, -0.05) is 38.3 Å². The summed E-state index contributed by atoms with van der Waals surface area (Å²) in [7, 11) is 0. The van der Waals surface area contributed by atoms with Crippen molar-refractivity contribution in [2.45, 2.75) is 26.7 Å². The van der Waals surface area contributed by atoms with Gasteiger partial charge in [0.25, 0.3) is 0 Å². The molecule has 0 amide bonds. The molecule has 1 rings (SSSR count). The Kier molecular flexibility index (Phi) is 5.29. The standard InChI is InChI=1S/C13H18ClNO2/c1-3-9(4-2)8-17-13(16)11-7-10(14)5-6-12(11)15/h5-7,9H,3-4,8,15H2,1-2H3. The van der Waals surface area contributed by atoms with Crippen molar-refractivity contribution in [1.82, 2.24) is 0 Å². The fourth-order valence-electron chi connectivity index (χ4n) is 1.50. The van der Waals surface area contributed by atoms with Gasteiger partial charge in [0.2, 0.25) is 0 Å². The fraction of sp³-hybridized carbons (Fsp3) is 0.462. The lowest BCUT2D eigenvalue weighted by Crippen LogP contribution is -2.14. The van der Waals surface area contributed by atoms with Crippen LogP contribution in [0.1, 0.15) is 37.0 Å². The summed E-state index contributed by atoms with van der Waals surface area (Å²) in [4.78, 5) is 11.8. The molecule has 0 unspecified atom stereocenters. The number of carbonyl (C=O) groups is 1. The number of ether oxygens (including phenoxy) is 1. The van der Waals surface area contributed by atoms with E-state index in [1.54, 1.807) is 12.1 Å². The third-order valence-corrected chi connectivity index (χ3v) is 3.08. The number of hydrogen-bond donors (Lipinski definition) is 1. The second kappa shape index (κ2) is 6.50. The van der Waals surface area contributed by atoms with Crippen molar-refractivity contribution in [2.75, 3.05) is 12.3 Å². The molecule has 2 N–H and O–H groups in total. The Hall–Kier alpha value is -1.22. The SMILES string of the molecule is CCC(CC)COC(=O)c1cc(Cl)ccc1N. The van der Waals surface area contributed by atoms with E-state index in [1.165, 1.54) is 6.07 Å². The molecule has 0 radical (unpaired) electrons. The molecule has 0 aromatic heterocycles. The van der Waals surface area contributed by atoms with E-state index in [0.717, 1.165) is 12.8 Å². The summed E-state index contributed by atoms with van der Waals surface area (Å²) in [6.07, 6.45) is 1.99. The van der Waals surface area contributed by atoms with E-state index >= 15 is 0 Å². The van der Waals surface area contributed by atoms with Crippen LogP contribution in [0, 0.1) is 5.92 Å². The molecule has 17 heavy (non-hydrogen) atoms. The molecule has 0 saturated carbocycles. The van der Waals surface area contributed by atoms with Crippen LogP contribution < -0.4 is 5.73 Å². The Morgan fingerprint density at radius 3 is 2.65 bits per heavy atom. The van der Waals surface area contributed by atoms with E-state index < -0.39 is 5.97 Å². The Morgan fingerprint density at radius 1 is 1.41 bits per heavy atom. The molecular weight excluding hydrogens is 238 g/mol. The van der Waals surface area contributed by atoms with Gasteiger partial charge in [-0.05, 0) is 24.1 Å². The minimum atomic E-state index is -0.406. The van der Waals surface area contributed by atoms with E-state index in [-0.39, 0.29) is 0 Å². The van der Waals surface area contributed by atoms with Crippen molar-refractivity contribution in [2.24, 2.45) is 5.92 Å². The van der Waals surface area contributed by atoms with Crippen LogP contribution in [-0.4, -0.2) is 12.6 Å². The molecule has 0 aliphatic carbocycles. The largest absolute Gasteiger partial charge is 0.462 e. The van der Waals surface area contributed by atoms with Crippen molar-refractivity contribution in [3.63, 3.8) is 0 Å². The first kappa shape index (κ1) is 13.8. The molecular formula is C13H18ClNO2. The first-order valence-corrected chi connectivity index (χ1v) is 6.18. The number of esters is 1. The predicted octanol–water partition coefficient (Wildman–Crippen LogP) is 3.52. The average Bonchev–Trinajstić information content (AvgIpc) is 2.33. The first-order valence-electron chi connectivity index (χ1n) is 5.80. The maximum Gasteiger partial charge on any atom is 0.340 e. The zero-order chi connectivity index (χ0) is 12.8. The van der Waals surface area contributed by atoms with Gasteiger partial charge >= 0.3 is 5.97 Å². The molecule has 1 aromatic rings.